The van der Waals surface area contributed by atoms with Gasteiger partial charge in [-0.25, -0.2) is 0 Å². The second-order valence-corrected chi connectivity index (χ2v) is 9.25. The third-order valence-corrected chi connectivity index (χ3v) is 6.85. The van der Waals surface area contributed by atoms with Gasteiger partial charge >= 0.3 is 0 Å². The Kier molecular flexibility index (Phi) is 5.84. The van der Waals surface area contributed by atoms with E-state index in [0.29, 0.717) is 5.56 Å². The molecule has 2 aliphatic rings. The summed E-state index contributed by atoms with van der Waals surface area (Å²) in [5.41, 5.74) is 6.32. The number of aromatic hydroxyl groups is 1. The first-order valence-electron chi connectivity index (χ1n) is 11.0. The molecule has 156 valence electrons. The van der Waals surface area contributed by atoms with E-state index in [0.717, 1.165) is 25.9 Å². The van der Waals surface area contributed by atoms with Crippen molar-refractivity contribution >= 4 is 5.69 Å². The molecule has 0 amide bonds. The maximum Gasteiger partial charge on any atom is 0.121 e. The third-order valence-electron chi connectivity index (χ3n) is 6.85. The van der Waals surface area contributed by atoms with Gasteiger partial charge in [0.1, 0.15) is 5.75 Å². The van der Waals surface area contributed by atoms with Crippen LogP contribution >= 0.6 is 0 Å². The number of piperidine rings is 1. The number of benzene rings is 2. The zero-order valence-corrected chi connectivity index (χ0v) is 17.8. The molecule has 0 atom stereocenters. The minimum atomic E-state index is -0.121. The molecule has 2 aromatic carbocycles. The average molecular weight is 395 g/mol. The number of hydrogen-bond donors (Lipinski definition) is 2. The van der Waals surface area contributed by atoms with Crippen LogP contribution in [0.1, 0.15) is 61.8 Å². The van der Waals surface area contributed by atoms with Crippen molar-refractivity contribution < 1.29 is 10.2 Å². The molecule has 2 N–H and O–H groups in total. The summed E-state index contributed by atoms with van der Waals surface area (Å²) in [6.07, 6.45) is 5.95. The fourth-order valence-corrected chi connectivity index (χ4v) is 4.79. The molecule has 2 aliphatic heterocycles. The van der Waals surface area contributed by atoms with Gasteiger partial charge in [-0.15, -0.1) is 0 Å². The minimum absolute atomic E-state index is 0.0788. The minimum Gasteiger partial charge on any atom is -0.508 e. The molecule has 0 aliphatic carbocycles. The van der Waals surface area contributed by atoms with Crippen molar-refractivity contribution in [1.82, 2.24) is 4.90 Å². The van der Waals surface area contributed by atoms with Gasteiger partial charge in [-0.1, -0.05) is 18.2 Å². The summed E-state index contributed by atoms with van der Waals surface area (Å²) < 4.78 is 0. The Morgan fingerprint density at radius 3 is 2.55 bits per heavy atom. The lowest BCUT2D eigenvalue weighted by molar-refractivity contribution is 0.109. The van der Waals surface area contributed by atoms with Crippen molar-refractivity contribution in [3.05, 3.63) is 58.7 Å². The highest BCUT2D eigenvalue weighted by molar-refractivity contribution is 5.58. The van der Waals surface area contributed by atoms with Crippen LogP contribution in [0, 0.1) is 0 Å². The standard InChI is InChI=1S/C25H34N2O2/c1-25(2,12-11-19-9-10-24(29)21(15-19)18-28)27-16-20-7-6-8-23(22(20)17-27)26-13-4-3-5-14-26/h6-10,15,28-29H,3-5,11-14,16-18H2,1-2H3. The normalized spacial score (nSPS) is 17.6. The van der Waals surface area contributed by atoms with E-state index in [1.54, 1.807) is 6.07 Å². The molecular formula is C25H34N2O2. The first-order chi connectivity index (χ1) is 14.0. The van der Waals surface area contributed by atoms with Crippen molar-refractivity contribution in [3.8, 4) is 5.75 Å². The number of fused-ring (bicyclic) bond motifs is 1. The summed E-state index contributed by atoms with van der Waals surface area (Å²) in [7, 11) is 0. The summed E-state index contributed by atoms with van der Waals surface area (Å²) >= 11 is 0. The molecule has 0 unspecified atom stereocenters. The van der Waals surface area contributed by atoms with Crippen molar-refractivity contribution in [2.24, 2.45) is 0 Å². The maximum absolute atomic E-state index is 9.80. The summed E-state index contributed by atoms with van der Waals surface area (Å²) in [5, 5.41) is 19.2. The van der Waals surface area contributed by atoms with Gasteiger partial charge in [0.15, 0.2) is 0 Å². The topological polar surface area (TPSA) is 46.9 Å². The predicted molar refractivity (Wildman–Crippen MR) is 118 cm³/mol. The number of anilines is 1. The Hall–Kier alpha value is -2.04. The number of aliphatic hydroxyl groups excluding tert-OH is 1. The first-order valence-corrected chi connectivity index (χ1v) is 11.0. The van der Waals surface area contributed by atoms with E-state index < -0.39 is 0 Å². The van der Waals surface area contributed by atoms with E-state index in [9.17, 15) is 10.2 Å². The maximum atomic E-state index is 9.80. The van der Waals surface area contributed by atoms with Gasteiger partial charge in [0.05, 0.1) is 6.61 Å². The zero-order chi connectivity index (χ0) is 20.4. The molecule has 2 aromatic rings. The molecule has 29 heavy (non-hydrogen) atoms. The lowest BCUT2D eigenvalue weighted by Crippen LogP contribution is -2.40. The Morgan fingerprint density at radius 2 is 1.79 bits per heavy atom. The molecule has 0 bridgehead atoms. The smallest absolute Gasteiger partial charge is 0.121 e. The highest BCUT2D eigenvalue weighted by Gasteiger charge is 2.33. The molecule has 4 heteroatoms. The van der Waals surface area contributed by atoms with Gasteiger partial charge in [0.25, 0.3) is 0 Å². The Morgan fingerprint density at radius 1 is 1.00 bits per heavy atom. The molecule has 0 aromatic heterocycles. The van der Waals surface area contributed by atoms with Crippen molar-refractivity contribution in [3.63, 3.8) is 0 Å². The van der Waals surface area contributed by atoms with Crippen LogP contribution in [0.15, 0.2) is 36.4 Å². The summed E-state index contributed by atoms with van der Waals surface area (Å²) in [5.74, 6) is 0.177. The van der Waals surface area contributed by atoms with Crippen LogP contribution in [0.5, 0.6) is 5.75 Å². The Bertz CT molecular complexity index is 856. The van der Waals surface area contributed by atoms with Crippen LogP contribution in [0.25, 0.3) is 0 Å². The molecule has 0 spiro atoms. The van der Waals surface area contributed by atoms with Gasteiger partial charge in [-0.05, 0) is 80.8 Å². The molecule has 0 saturated carbocycles. The van der Waals surface area contributed by atoms with Gasteiger partial charge in [-0.3, -0.25) is 4.90 Å². The van der Waals surface area contributed by atoms with E-state index in [4.69, 9.17) is 0 Å². The van der Waals surface area contributed by atoms with E-state index in [2.05, 4.69) is 41.8 Å². The van der Waals surface area contributed by atoms with Crippen LogP contribution in [0.4, 0.5) is 5.69 Å². The number of aryl methyl sites for hydroxylation is 1. The van der Waals surface area contributed by atoms with Gasteiger partial charge < -0.3 is 15.1 Å². The third kappa shape index (κ3) is 4.29. The summed E-state index contributed by atoms with van der Waals surface area (Å²) in [4.78, 5) is 5.20. The number of hydrogen-bond acceptors (Lipinski definition) is 4. The van der Waals surface area contributed by atoms with Crippen molar-refractivity contribution in [2.45, 2.75) is 71.2 Å². The first kappa shape index (κ1) is 20.2. The lowest BCUT2D eigenvalue weighted by Gasteiger charge is -2.36. The molecule has 4 rings (SSSR count). The van der Waals surface area contributed by atoms with Gasteiger partial charge in [0, 0.05) is 43.0 Å². The Labute approximate surface area is 174 Å². The van der Waals surface area contributed by atoms with E-state index in [1.165, 1.54) is 54.7 Å². The van der Waals surface area contributed by atoms with Crippen LogP contribution in [0.3, 0.4) is 0 Å². The van der Waals surface area contributed by atoms with Crippen LogP contribution in [-0.4, -0.2) is 33.7 Å². The Balaban J connectivity index is 1.45. The van der Waals surface area contributed by atoms with Gasteiger partial charge in [-0.2, -0.15) is 0 Å². The molecule has 1 saturated heterocycles. The van der Waals surface area contributed by atoms with Crippen molar-refractivity contribution in [1.29, 1.82) is 0 Å². The fourth-order valence-electron chi connectivity index (χ4n) is 4.79. The predicted octanol–water partition coefficient (Wildman–Crippen LogP) is 4.60. The van der Waals surface area contributed by atoms with Crippen LogP contribution < -0.4 is 4.90 Å². The van der Waals surface area contributed by atoms with Gasteiger partial charge in [0.2, 0.25) is 0 Å². The molecular weight excluding hydrogens is 360 g/mol. The zero-order valence-electron chi connectivity index (χ0n) is 17.8. The van der Waals surface area contributed by atoms with Crippen molar-refractivity contribution in [2.75, 3.05) is 18.0 Å². The number of phenols is 1. The lowest BCUT2D eigenvalue weighted by atomic mass is 9.93. The second-order valence-electron chi connectivity index (χ2n) is 9.25. The number of rotatable bonds is 6. The van der Waals surface area contributed by atoms with E-state index in [1.807, 2.05) is 12.1 Å². The quantitative estimate of drug-likeness (QED) is 0.752. The number of aliphatic hydroxyl groups is 1. The molecule has 4 nitrogen and oxygen atoms in total. The average Bonchev–Trinajstić information content (AvgIpc) is 3.19. The second kappa shape index (κ2) is 8.37. The summed E-state index contributed by atoms with van der Waals surface area (Å²) in [6.45, 7) is 8.97. The summed E-state index contributed by atoms with van der Waals surface area (Å²) in [6, 6.07) is 12.4. The molecule has 1 fully saturated rings. The largest absolute Gasteiger partial charge is 0.508 e. The highest BCUT2D eigenvalue weighted by atomic mass is 16.3. The van der Waals surface area contributed by atoms with Crippen LogP contribution in [-0.2, 0) is 26.1 Å². The van der Waals surface area contributed by atoms with Crippen LogP contribution in [0.2, 0.25) is 0 Å². The SMILES string of the molecule is CC(C)(CCc1ccc(O)c(CO)c1)N1Cc2cccc(N3CCCCC3)c2C1. The van der Waals surface area contributed by atoms with E-state index in [-0.39, 0.29) is 17.9 Å². The molecule has 0 radical (unpaired) electrons. The molecule has 2 heterocycles. The fraction of sp³-hybridized carbons (Fsp3) is 0.520. The van der Waals surface area contributed by atoms with E-state index >= 15 is 0 Å². The monoisotopic (exact) mass is 394 g/mol. The highest BCUT2D eigenvalue weighted by Crippen LogP contribution is 2.37. The number of nitrogens with zero attached hydrogens (tertiary/aromatic N) is 2.